The molecule has 0 spiro atoms. The van der Waals surface area contributed by atoms with Crippen LogP contribution in [0.1, 0.15) is 26.2 Å². The SMILES string of the molecule is CCCN(CC(=O)N(C)C)C(=O)C1CC1. The Morgan fingerprint density at radius 1 is 1.27 bits per heavy atom. The van der Waals surface area contributed by atoms with E-state index in [0.717, 1.165) is 19.3 Å². The predicted octanol–water partition coefficient (Wildman–Crippen LogP) is 0.723. The molecule has 1 aliphatic rings. The van der Waals surface area contributed by atoms with Crippen molar-refractivity contribution in [3.8, 4) is 0 Å². The first-order valence-electron chi connectivity index (χ1n) is 5.55. The van der Waals surface area contributed by atoms with Gasteiger partial charge in [0.05, 0.1) is 6.54 Å². The summed E-state index contributed by atoms with van der Waals surface area (Å²) in [5, 5.41) is 0. The molecule has 4 heteroatoms. The lowest BCUT2D eigenvalue weighted by Gasteiger charge is -2.23. The van der Waals surface area contributed by atoms with Gasteiger partial charge in [0, 0.05) is 26.6 Å². The number of rotatable bonds is 5. The topological polar surface area (TPSA) is 40.6 Å². The van der Waals surface area contributed by atoms with Gasteiger partial charge in [0.1, 0.15) is 0 Å². The molecule has 0 bridgehead atoms. The molecular weight excluding hydrogens is 192 g/mol. The highest BCUT2D eigenvalue weighted by Gasteiger charge is 2.33. The molecule has 15 heavy (non-hydrogen) atoms. The van der Waals surface area contributed by atoms with Crippen molar-refractivity contribution in [2.24, 2.45) is 5.92 Å². The average Bonchev–Trinajstić information content (AvgIpc) is 2.99. The molecule has 0 aromatic carbocycles. The molecule has 1 aliphatic carbocycles. The molecule has 0 N–H and O–H groups in total. The molecule has 0 atom stereocenters. The molecule has 1 saturated carbocycles. The first-order chi connectivity index (χ1) is 7.06. The summed E-state index contributed by atoms with van der Waals surface area (Å²) in [5.41, 5.74) is 0. The molecule has 4 nitrogen and oxygen atoms in total. The van der Waals surface area contributed by atoms with Crippen LogP contribution < -0.4 is 0 Å². The van der Waals surface area contributed by atoms with Gasteiger partial charge in [-0.05, 0) is 19.3 Å². The Labute approximate surface area is 91.2 Å². The maximum absolute atomic E-state index is 11.8. The number of hydrogen-bond donors (Lipinski definition) is 0. The van der Waals surface area contributed by atoms with Gasteiger partial charge in [-0.25, -0.2) is 0 Å². The Balaban J connectivity index is 2.49. The maximum Gasteiger partial charge on any atom is 0.241 e. The van der Waals surface area contributed by atoms with E-state index in [2.05, 4.69) is 0 Å². The summed E-state index contributed by atoms with van der Waals surface area (Å²) >= 11 is 0. The highest BCUT2D eigenvalue weighted by Crippen LogP contribution is 2.30. The van der Waals surface area contributed by atoms with Crippen LogP contribution in [0.2, 0.25) is 0 Å². The minimum absolute atomic E-state index is 0.00236. The fraction of sp³-hybridized carbons (Fsp3) is 0.818. The van der Waals surface area contributed by atoms with Gasteiger partial charge in [-0.3, -0.25) is 9.59 Å². The molecule has 0 aliphatic heterocycles. The normalized spacial score (nSPS) is 14.9. The van der Waals surface area contributed by atoms with Gasteiger partial charge in [0.2, 0.25) is 11.8 Å². The second kappa shape index (κ2) is 5.14. The van der Waals surface area contributed by atoms with Crippen LogP contribution in [-0.4, -0.2) is 48.8 Å². The molecule has 1 fully saturated rings. The van der Waals surface area contributed by atoms with Crippen molar-refractivity contribution in [3.05, 3.63) is 0 Å². The fourth-order valence-corrected chi connectivity index (χ4v) is 1.43. The summed E-state index contributed by atoms with van der Waals surface area (Å²) in [6, 6.07) is 0. The third-order valence-electron chi connectivity index (χ3n) is 2.56. The Morgan fingerprint density at radius 3 is 2.27 bits per heavy atom. The van der Waals surface area contributed by atoms with Crippen molar-refractivity contribution >= 4 is 11.8 Å². The zero-order chi connectivity index (χ0) is 11.4. The van der Waals surface area contributed by atoms with Crippen molar-refractivity contribution < 1.29 is 9.59 Å². The van der Waals surface area contributed by atoms with Crippen LogP contribution in [0.5, 0.6) is 0 Å². The smallest absolute Gasteiger partial charge is 0.241 e. The van der Waals surface area contributed by atoms with E-state index in [1.165, 1.54) is 4.90 Å². The van der Waals surface area contributed by atoms with Gasteiger partial charge in [-0.2, -0.15) is 0 Å². The first-order valence-corrected chi connectivity index (χ1v) is 5.55. The lowest BCUT2D eigenvalue weighted by atomic mass is 10.3. The summed E-state index contributed by atoms with van der Waals surface area (Å²) < 4.78 is 0. The Kier molecular flexibility index (Phi) is 4.12. The van der Waals surface area contributed by atoms with E-state index in [-0.39, 0.29) is 24.3 Å². The summed E-state index contributed by atoms with van der Waals surface area (Å²) in [7, 11) is 3.43. The van der Waals surface area contributed by atoms with Crippen LogP contribution in [0.4, 0.5) is 0 Å². The standard InChI is InChI=1S/C11H20N2O2/c1-4-7-13(8-10(14)12(2)3)11(15)9-5-6-9/h9H,4-8H2,1-3H3. The van der Waals surface area contributed by atoms with Crippen molar-refractivity contribution in [3.63, 3.8) is 0 Å². The lowest BCUT2D eigenvalue weighted by Crippen LogP contribution is -2.41. The van der Waals surface area contributed by atoms with E-state index in [4.69, 9.17) is 0 Å². The van der Waals surface area contributed by atoms with Crippen LogP contribution >= 0.6 is 0 Å². The van der Waals surface area contributed by atoms with Gasteiger partial charge in [0.25, 0.3) is 0 Å². The highest BCUT2D eigenvalue weighted by molar-refractivity contribution is 5.86. The summed E-state index contributed by atoms with van der Waals surface area (Å²) in [6.45, 7) is 2.94. The minimum Gasteiger partial charge on any atom is -0.347 e. The average molecular weight is 212 g/mol. The number of hydrogen-bond acceptors (Lipinski definition) is 2. The fourth-order valence-electron chi connectivity index (χ4n) is 1.43. The molecule has 0 saturated heterocycles. The molecule has 0 unspecified atom stereocenters. The van der Waals surface area contributed by atoms with Crippen molar-refractivity contribution in [2.75, 3.05) is 27.2 Å². The zero-order valence-electron chi connectivity index (χ0n) is 9.82. The molecule has 1 rings (SSSR count). The van der Waals surface area contributed by atoms with Crippen LogP contribution in [0.15, 0.2) is 0 Å². The summed E-state index contributed by atoms with van der Waals surface area (Å²) in [6.07, 6.45) is 2.89. The summed E-state index contributed by atoms with van der Waals surface area (Å²) in [4.78, 5) is 26.5. The quantitative estimate of drug-likeness (QED) is 0.674. The number of likely N-dealkylation sites (N-methyl/N-ethyl adjacent to an activating group) is 1. The number of amides is 2. The van der Waals surface area contributed by atoms with Crippen LogP contribution in [0, 0.1) is 5.92 Å². The van der Waals surface area contributed by atoms with Gasteiger partial charge in [-0.1, -0.05) is 6.92 Å². The molecule has 0 aromatic heterocycles. The van der Waals surface area contributed by atoms with Crippen LogP contribution in [0.25, 0.3) is 0 Å². The molecule has 86 valence electrons. The lowest BCUT2D eigenvalue weighted by molar-refractivity contribution is -0.140. The molecule has 2 amide bonds. The van der Waals surface area contributed by atoms with Gasteiger partial charge >= 0.3 is 0 Å². The van der Waals surface area contributed by atoms with E-state index >= 15 is 0 Å². The third kappa shape index (κ3) is 3.53. The zero-order valence-corrected chi connectivity index (χ0v) is 9.82. The van der Waals surface area contributed by atoms with E-state index in [1.807, 2.05) is 6.92 Å². The monoisotopic (exact) mass is 212 g/mol. The van der Waals surface area contributed by atoms with Gasteiger partial charge in [0.15, 0.2) is 0 Å². The van der Waals surface area contributed by atoms with E-state index in [9.17, 15) is 9.59 Å². The predicted molar refractivity (Wildman–Crippen MR) is 58.3 cm³/mol. The molecule has 0 radical (unpaired) electrons. The van der Waals surface area contributed by atoms with E-state index in [1.54, 1.807) is 19.0 Å². The number of carbonyl (C=O) groups excluding carboxylic acids is 2. The summed E-state index contributed by atoms with van der Waals surface area (Å²) in [5.74, 6) is 0.357. The van der Waals surface area contributed by atoms with E-state index in [0.29, 0.717) is 6.54 Å². The van der Waals surface area contributed by atoms with Crippen LogP contribution in [0.3, 0.4) is 0 Å². The van der Waals surface area contributed by atoms with E-state index < -0.39 is 0 Å². The minimum atomic E-state index is -0.00236. The Morgan fingerprint density at radius 2 is 1.87 bits per heavy atom. The van der Waals surface area contributed by atoms with Crippen LogP contribution in [-0.2, 0) is 9.59 Å². The van der Waals surface area contributed by atoms with Crippen molar-refractivity contribution in [1.29, 1.82) is 0 Å². The third-order valence-corrected chi connectivity index (χ3v) is 2.56. The molecule has 0 heterocycles. The van der Waals surface area contributed by atoms with Gasteiger partial charge in [-0.15, -0.1) is 0 Å². The largest absolute Gasteiger partial charge is 0.347 e. The highest BCUT2D eigenvalue weighted by atomic mass is 16.2. The maximum atomic E-state index is 11.8. The molecule has 0 aromatic rings. The Bertz CT molecular complexity index is 247. The Hall–Kier alpha value is -1.06. The first kappa shape index (κ1) is 12.0. The second-order valence-corrected chi connectivity index (χ2v) is 4.32. The number of carbonyl (C=O) groups is 2. The second-order valence-electron chi connectivity index (χ2n) is 4.32. The van der Waals surface area contributed by atoms with Crippen molar-refractivity contribution in [2.45, 2.75) is 26.2 Å². The molecular formula is C11H20N2O2. The van der Waals surface area contributed by atoms with Crippen molar-refractivity contribution in [1.82, 2.24) is 9.80 Å². The van der Waals surface area contributed by atoms with Gasteiger partial charge < -0.3 is 9.80 Å². The number of nitrogens with zero attached hydrogens (tertiary/aromatic N) is 2.